The number of rotatable bonds is 5. The fourth-order valence-electron chi connectivity index (χ4n) is 3.09. The van der Waals surface area contributed by atoms with Gasteiger partial charge in [0, 0.05) is 56.1 Å². The predicted octanol–water partition coefficient (Wildman–Crippen LogP) is 3.04. The Kier molecular flexibility index (Phi) is 4.42. The van der Waals surface area contributed by atoms with Gasteiger partial charge in [0.2, 0.25) is 5.91 Å². The van der Waals surface area contributed by atoms with E-state index in [1.54, 1.807) is 4.90 Å². The molecule has 0 unspecified atom stereocenters. The Labute approximate surface area is 142 Å². The number of nitrogens with zero attached hydrogens (tertiary/aromatic N) is 4. The second-order valence-electron chi connectivity index (χ2n) is 6.37. The molecule has 2 aromatic heterocycles. The molecule has 3 rings (SSSR count). The highest BCUT2D eigenvalue weighted by molar-refractivity contribution is 5.81. The first-order chi connectivity index (χ1) is 11.5. The van der Waals surface area contributed by atoms with Crippen LogP contribution in [-0.4, -0.2) is 32.2 Å². The van der Waals surface area contributed by atoms with Crippen molar-refractivity contribution >= 4 is 16.8 Å². The predicted molar refractivity (Wildman–Crippen MR) is 95.7 cm³/mol. The van der Waals surface area contributed by atoms with Crippen LogP contribution in [0.4, 0.5) is 0 Å². The minimum absolute atomic E-state index is 0.149. The molecule has 5 heteroatoms. The summed E-state index contributed by atoms with van der Waals surface area (Å²) in [6.07, 6.45) is 2.33. The van der Waals surface area contributed by atoms with Crippen LogP contribution >= 0.6 is 0 Å². The Morgan fingerprint density at radius 3 is 2.71 bits per heavy atom. The first-order valence-corrected chi connectivity index (χ1v) is 8.23. The van der Waals surface area contributed by atoms with Gasteiger partial charge in [-0.3, -0.25) is 9.48 Å². The van der Waals surface area contributed by atoms with Crippen LogP contribution in [-0.2, 0) is 24.9 Å². The lowest BCUT2D eigenvalue weighted by atomic mass is 10.2. The molecule has 1 amide bonds. The van der Waals surface area contributed by atoms with Crippen molar-refractivity contribution in [2.24, 2.45) is 7.05 Å². The lowest BCUT2D eigenvalue weighted by Crippen LogP contribution is -2.27. The number of benzene rings is 1. The zero-order valence-corrected chi connectivity index (χ0v) is 14.8. The van der Waals surface area contributed by atoms with Gasteiger partial charge in [0.15, 0.2) is 0 Å². The van der Waals surface area contributed by atoms with Gasteiger partial charge in [0.05, 0.1) is 6.20 Å². The third-order valence-electron chi connectivity index (χ3n) is 4.74. The molecule has 1 aromatic carbocycles. The summed E-state index contributed by atoms with van der Waals surface area (Å²) >= 11 is 0. The Hall–Kier alpha value is -2.56. The molecule has 0 radical (unpaired) electrons. The van der Waals surface area contributed by atoms with Crippen LogP contribution in [0.5, 0.6) is 0 Å². The van der Waals surface area contributed by atoms with Crippen molar-refractivity contribution in [3.63, 3.8) is 0 Å². The second-order valence-corrected chi connectivity index (χ2v) is 6.37. The molecule has 126 valence electrons. The van der Waals surface area contributed by atoms with Gasteiger partial charge in [-0.25, -0.2) is 0 Å². The molecule has 24 heavy (non-hydrogen) atoms. The molecule has 0 aliphatic rings. The maximum atomic E-state index is 12.5. The fraction of sp³-hybridized carbons (Fsp3) is 0.368. The Morgan fingerprint density at radius 2 is 2.00 bits per heavy atom. The highest BCUT2D eigenvalue weighted by Gasteiger charge is 2.14. The molecule has 0 saturated heterocycles. The maximum Gasteiger partial charge on any atom is 0.224 e. The molecule has 3 aromatic rings. The number of para-hydroxylation sites is 1. The third-order valence-corrected chi connectivity index (χ3v) is 4.74. The van der Waals surface area contributed by atoms with Gasteiger partial charge in [0.1, 0.15) is 0 Å². The number of carbonyl (C=O) groups is 1. The monoisotopic (exact) mass is 324 g/mol. The number of fused-ring (bicyclic) bond motifs is 1. The molecule has 0 spiro atoms. The molecule has 0 N–H and O–H groups in total. The SMILES string of the molecule is Cc1c(CN(C)C(=O)CCn2c(C)cc3ccccc32)cnn1C. The maximum absolute atomic E-state index is 12.5. The second kappa shape index (κ2) is 6.51. The van der Waals surface area contributed by atoms with Gasteiger partial charge in [0.25, 0.3) is 0 Å². The van der Waals surface area contributed by atoms with E-state index in [-0.39, 0.29) is 5.91 Å². The van der Waals surface area contributed by atoms with Crippen molar-refractivity contribution in [2.75, 3.05) is 7.05 Å². The summed E-state index contributed by atoms with van der Waals surface area (Å²) in [5.41, 5.74) is 4.57. The van der Waals surface area contributed by atoms with E-state index in [0.29, 0.717) is 19.5 Å². The molecular formula is C19H24N4O. The Balaban J connectivity index is 1.66. The van der Waals surface area contributed by atoms with E-state index in [2.05, 4.69) is 34.8 Å². The fourth-order valence-corrected chi connectivity index (χ4v) is 3.09. The lowest BCUT2D eigenvalue weighted by molar-refractivity contribution is -0.130. The summed E-state index contributed by atoms with van der Waals surface area (Å²) in [5, 5.41) is 5.46. The van der Waals surface area contributed by atoms with E-state index in [1.807, 2.05) is 44.0 Å². The van der Waals surface area contributed by atoms with Gasteiger partial charge in [-0.1, -0.05) is 18.2 Å². The number of aromatic nitrogens is 3. The van der Waals surface area contributed by atoms with Crippen LogP contribution in [0.1, 0.15) is 23.4 Å². The standard InChI is InChI=1S/C19H24N4O/c1-14-11-16-7-5-6-8-18(16)23(14)10-9-19(24)21(3)13-17-12-20-22(4)15(17)2/h5-8,11-12H,9-10,13H2,1-4H3. The number of hydrogen-bond acceptors (Lipinski definition) is 2. The van der Waals surface area contributed by atoms with E-state index in [4.69, 9.17) is 0 Å². The number of amides is 1. The molecule has 5 nitrogen and oxygen atoms in total. The Morgan fingerprint density at radius 1 is 1.25 bits per heavy atom. The summed E-state index contributed by atoms with van der Waals surface area (Å²) in [7, 11) is 3.77. The topological polar surface area (TPSA) is 43.1 Å². The van der Waals surface area contributed by atoms with Gasteiger partial charge in [-0.2, -0.15) is 5.10 Å². The normalized spacial score (nSPS) is 11.2. The third kappa shape index (κ3) is 3.07. The van der Waals surface area contributed by atoms with Crippen molar-refractivity contribution in [1.82, 2.24) is 19.2 Å². The van der Waals surface area contributed by atoms with Crippen LogP contribution in [0.2, 0.25) is 0 Å². The van der Waals surface area contributed by atoms with Gasteiger partial charge in [-0.15, -0.1) is 0 Å². The molecule has 0 aliphatic heterocycles. The zero-order chi connectivity index (χ0) is 17.3. The van der Waals surface area contributed by atoms with E-state index in [0.717, 1.165) is 11.3 Å². The summed E-state index contributed by atoms with van der Waals surface area (Å²) in [5.74, 6) is 0.149. The number of carbonyl (C=O) groups excluding carboxylic acids is 1. The average molecular weight is 324 g/mol. The molecule has 0 aliphatic carbocycles. The van der Waals surface area contributed by atoms with E-state index < -0.39 is 0 Å². The van der Waals surface area contributed by atoms with Crippen molar-refractivity contribution in [3.8, 4) is 0 Å². The van der Waals surface area contributed by atoms with E-state index in [1.165, 1.54) is 16.6 Å². The summed E-state index contributed by atoms with van der Waals surface area (Å²) in [6.45, 7) is 5.42. The van der Waals surface area contributed by atoms with Crippen LogP contribution in [0.15, 0.2) is 36.5 Å². The minimum atomic E-state index is 0.149. The summed E-state index contributed by atoms with van der Waals surface area (Å²) in [4.78, 5) is 14.3. The number of hydrogen-bond donors (Lipinski definition) is 0. The minimum Gasteiger partial charge on any atom is -0.344 e. The molecule has 0 fully saturated rings. The van der Waals surface area contributed by atoms with Gasteiger partial charge >= 0.3 is 0 Å². The molecule has 0 atom stereocenters. The molecular weight excluding hydrogens is 300 g/mol. The number of aryl methyl sites for hydroxylation is 3. The van der Waals surface area contributed by atoms with Crippen molar-refractivity contribution in [2.45, 2.75) is 33.4 Å². The van der Waals surface area contributed by atoms with Crippen molar-refractivity contribution in [1.29, 1.82) is 0 Å². The van der Waals surface area contributed by atoms with Gasteiger partial charge < -0.3 is 9.47 Å². The van der Waals surface area contributed by atoms with Crippen LogP contribution in [0, 0.1) is 13.8 Å². The first kappa shape index (κ1) is 16.3. The molecule has 0 saturated carbocycles. The van der Waals surface area contributed by atoms with Crippen LogP contribution in [0.3, 0.4) is 0 Å². The quantitative estimate of drug-likeness (QED) is 0.724. The molecule has 0 bridgehead atoms. The van der Waals surface area contributed by atoms with Crippen molar-refractivity contribution in [3.05, 3.63) is 53.5 Å². The lowest BCUT2D eigenvalue weighted by Gasteiger charge is -2.18. The smallest absolute Gasteiger partial charge is 0.224 e. The van der Waals surface area contributed by atoms with E-state index in [9.17, 15) is 4.79 Å². The largest absolute Gasteiger partial charge is 0.344 e. The Bertz CT molecular complexity index is 875. The first-order valence-electron chi connectivity index (χ1n) is 8.23. The zero-order valence-electron chi connectivity index (χ0n) is 14.8. The highest BCUT2D eigenvalue weighted by Crippen LogP contribution is 2.19. The molecule has 2 heterocycles. The van der Waals surface area contributed by atoms with Gasteiger partial charge in [-0.05, 0) is 31.4 Å². The van der Waals surface area contributed by atoms with Crippen molar-refractivity contribution < 1.29 is 4.79 Å². The summed E-state index contributed by atoms with van der Waals surface area (Å²) < 4.78 is 4.05. The average Bonchev–Trinajstić information content (AvgIpc) is 3.05. The highest BCUT2D eigenvalue weighted by atomic mass is 16.2. The summed E-state index contributed by atoms with van der Waals surface area (Å²) in [6, 6.07) is 10.5. The van der Waals surface area contributed by atoms with Crippen LogP contribution < -0.4 is 0 Å². The van der Waals surface area contributed by atoms with Crippen LogP contribution in [0.25, 0.3) is 10.9 Å². The van der Waals surface area contributed by atoms with E-state index >= 15 is 0 Å².